The van der Waals surface area contributed by atoms with Gasteiger partial charge in [-0.25, -0.2) is 9.18 Å². The van der Waals surface area contributed by atoms with Crippen LogP contribution in [0.15, 0.2) is 48.5 Å². The zero-order valence-corrected chi connectivity index (χ0v) is 17.6. The quantitative estimate of drug-likeness (QED) is 0.491. The summed E-state index contributed by atoms with van der Waals surface area (Å²) in [4.78, 5) is 24.8. The number of benzene rings is 2. The van der Waals surface area contributed by atoms with Gasteiger partial charge in [0.15, 0.2) is 0 Å². The Balaban J connectivity index is 1.71. The fourth-order valence-electron chi connectivity index (χ4n) is 3.25. The topological polar surface area (TPSA) is 91.1 Å². The maximum atomic E-state index is 13.1. The average molecular weight is 432 g/mol. The molecular weight excluding hydrogens is 407 g/mol. The number of likely N-dealkylation sites (tertiary alicyclic amines) is 1. The number of nitro benzene ring substituents is 1. The van der Waals surface area contributed by atoms with E-state index in [1.54, 1.807) is 32.9 Å². The molecule has 1 amide bonds. The van der Waals surface area contributed by atoms with Gasteiger partial charge >= 0.3 is 6.09 Å². The minimum absolute atomic E-state index is 0.0734. The maximum absolute atomic E-state index is 13.1. The van der Waals surface area contributed by atoms with Crippen LogP contribution in [0.5, 0.6) is 11.5 Å². The number of hydrogen-bond donors (Lipinski definition) is 0. The smallest absolute Gasteiger partial charge is 0.410 e. The summed E-state index contributed by atoms with van der Waals surface area (Å²) in [5.41, 5.74) is -0.742. The van der Waals surface area contributed by atoms with Crippen molar-refractivity contribution in [1.29, 1.82) is 0 Å². The van der Waals surface area contributed by atoms with Crippen molar-refractivity contribution < 1.29 is 28.3 Å². The lowest BCUT2D eigenvalue weighted by Crippen LogP contribution is -2.42. The molecule has 0 unspecified atom stereocenters. The van der Waals surface area contributed by atoms with E-state index in [1.807, 2.05) is 0 Å². The second kappa shape index (κ2) is 9.20. The van der Waals surface area contributed by atoms with Gasteiger partial charge in [0.05, 0.1) is 23.6 Å². The molecule has 31 heavy (non-hydrogen) atoms. The molecule has 2 atom stereocenters. The highest BCUT2D eigenvalue weighted by molar-refractivity contribution is 5.69. The highest BCUT2D eigenvalue weighted by Crippen LogP contribution is 2.27. The van der Waals surface area contributed by atoms with Crippen molar-refractivity contribution in [3.63, 3.8) is 0 Å². The number of carbonyl (C=O) groups excluding carboxylic acids is 1. The Labute approximate surface area is 179 Å². The van der Waals surface area contributed by atoms with Gasteiger partial charge in [-0.05, 0) is 51.1 Å². The van der Waals surface area contributed by atoms with E-state index in [1.165, 1.54) is 41.3 Å². The first-order valence-electron chi connectivity index (χ1n) is 9.90. The van der Waals surface area contributed by atoms with Crippen molar-refractivity contribution in [1.82, 2.24) is 4.90 Å². The second-order valence-corrected chi connectivity index (χ2v) is 8.28. The van der Waals surface area contributed by atoms with Crippen LogP contribution in [-0.2, 0) is 4.74 Å². The molecule has 0 N–H and O–H groups in total. The Bertz CT molecular complexity index is 928. The maximum Gasteiger partial charge on any atom is 0.410 e. The van der Waals surface area contributed by atoms with E-state index in [4.69, 9.17) is 14.2 Å². The minimum Gasteiger partial charge on any atom is -0.491 e. The van der Waals surface area contributed by atoms with Crippen LogP contribution in [0.3, 0.4) is 0 Å². The standard InChI is InChI=1S/C22H25FN2O6/c1-22(2,3)31-21(26)24-13-20(30-19-6-4-5-16(11-19)25(27)28)12-17(24)14-29-18-9-7-15(23)8-10-18/h4-11,17,20H,12-14H2,1-3H3/t17-,20+/m0/s1. The van der Waals surface area contributed by atoms with Gasteiger partial charge < -0.3 is 14.2 Å². The van der Waals surface area contributed by atoms with Gasteiger partial charge in [0.25, 0.3) is 5.69 Å². The third-order valence-electron chi connectivity index (χ3n) is 4.59. The molecule has 2 aromatic carbocycles. The molecule has 0 spiro atoms. The summed E-state index contributed by atoms with van der Waals surface area (Å²) in [6.07, 6.45) is -0.440. The monoisotopic (exact) mass is 432 g/mol. The number of nitro groups is 1. The van der Waals surface area contributed by atoms with Gasteiger partial charge in [0, 0.05) is 12.5 Å². The molecule has 0 aliphatic carbocycles. The Hall–Kier alpha value is -3.36. The predicted molar refractivity (Wildman–Crippen MR) is 111 cm³/mol. The van der Waals surface area contributed by atoms with E-state index in [9.17, 15) is 19.3 Å². The summed E-state index contributed by atoms with van der Waals surface area (Å²) in [6, 6.07) is 11.2. The summed E-state index contributed by atoms with van der Waals surface area (Å²) in [5.74, 6) is 0.464. The van der Waals surface area contributed by atoms with Gasteiger partial charge in [-0.2, -0.15) is 0 Å². The molecule has 1 saturated heterocycles. The molecule has 1 aliphatic heterocycles. The Kier molecular flexibility index (Phi) is 6.62. The summed E-state index contributed by atoms with van der Waals surface area (Å²) in [7, 11) is 0. The normalized spacial score (nSPS) is 18.5. The summed E-state index contributed by atoms with van der Waals surface area (Å²) < 4.78 is 30.3. The van der Waals surface area contributed by atoms with Crippen molar-refractivity contribution in [2.24, 2.45) is 0 Å². The first-order chi connectivity index (χ1) is 14.6. The summed E-state index contributed by atoms with van der Waals surface area (Å²) in [6.45, 7) is 5.75. The highest BCUT2D eigenvalue weighted by Gasteiger charge is 2.39. The number of carbonyl (C=O) groups is 1. The van der Waals surface area contributed by atoms with Gasteiger partial charge in [-0.15, -0.1) is 0 Å². The van der Waals surface area contributed by atoms with Crippen LogP contribution in [0.4, 0.5) is 14.9 Å². The van der Waals surface area contributed by atoms with Crippen LogP contribution in [0.2, 0.25) is 0 Å². The lowest BCUT2D eigenvalue weighted by Gasteiger charge is -2.28. The Morgan fingerprint density at radius 1 is 1.19 bits per heavy atom. The largest absolute Gasteiger partial charge is 0.491 e. The molecule has 0 saturated carbocycles. The third kappa shape index (κ3) is 6.31. The molecule has 9 heteroatoms. The van der Waals surface area contributed by atoms with Gasteiger partial charge in [0.1, 0.15) is 35.6 Å². The number of ether oxygens (including phenoxy) is 3. The fourth-order valence-corrected chi connectivity index (χ4v) is 3.25. The zero-order chi connectivity index (χ0) is 22.6. The van der Waals surface area contributed by atoms with Crippen molar-refractivity contribution in [3.05, 3.63) is 64.5 Å². The van der Waals surface area contributed by atoms with E-state index >= 15 is 0 Å². The zero-order valence-electron chi connectivity index (χ0n) is 17.6. The molecule has 3 rings (SSSR count). The molecule has 1 fully saturated rings. The van der Waals surface area contributed by atoms with E-state index in [0.29, 0.717) is 17.9 Å². The van der Waals surface area contributed by atoms with E-state index in [-0.39, 0.29) is 30.7 Å². The second-order valence-electron chi connectivity index (χ2n) is 8.28. The van der Waals surface area contributed by atoms with E-state index < -0.39 is 22.7 Å². The average Bonchev–Trinajstić information content (AvgIpc) is 3.09. The summed E-state index contributed by atoms with van der Waals surface area (Å²) >= 11 is 0. The van der Waals surface area contributed by atoms with Gasteiger partial charge in [-0.3, -0.25) is 15.0 Å². The third-order valence-corrected chi connectivity index (χ3v) is 4.59. The van der Waals surface area contributed by atoms with E-state index in [2.05, 4.69) is 0 Å². The fraction of sp³-hybridized carbons (Fsp3) is 0.409. The molecule has 0 radical (unpaired) electrons. The number of non-ortho nitro benzene ring substituents is 1. The molecular formula is C22H25FN2O6. The number of nitrogens with zero attached hydrogens (tertiary/aromatic N) is 2. The lowest BCUT2D eigenvalue weighted by atomic mass is 10.2. The molecule has 166 valence electrons. The predicted octanol–water partition coefficient (Wildman–Crippen LogP) is 4.57. The first-order valence-corrected chi connectivity index (χ1v) is 9.90. The first kappa shape index (κ1) is 22.3. The Morgan fingerprint density at radius 3 is 2.55 bits per heavy atom. The molecule has 0 aromatic heterocycles. The minimum atomic E-state index is -0.668. The lowest BCUT2D eigenvalue weighted by molar-refractivity contribution is -0.384. The van der Waals surface area contributed by atoms with Gasteiger partial charge in [-0.1, -0.05) is 6.07 Å². The molecule has 2 aromatic rings. The molecule has 0 bridgehead atoms. The summed E-state index contributed by atoms with van der Waals surface area (Å²) in [5, 5.41) is 11.0. The van der Waals surface area contributed by atoms with Crippen LogP contribution in [0, 0.1) is 15.9 Å². The van der Waals surface area contributed by atoms with Crippen molar-refractivity contribution in [2.75, 3.05) is 13.2 Å². The number of rotatable bonds is 6. The Morgan fingerprint density at radius 2 is 1.90 bits per heavy atom. The highest BCUT2D eigenvalue weighted by atomic mass is 19.1. The van der Waals surface area contributed by atoms with Crippen molar-refractivity contribution in [3.8, 4) is 11.5 Å². The van der Waals surface area contributed by atoms with Crippen LogP contribution in [0.25, 0.3) is 0 Å². The van der Waals surface area contributed by atoms with Gasteiger partial charge in [0.2, 0.25) is 0 Å². The number of halogens is 1. The SMILES string of the molecule is CC(C)(C)OC(=O)N1C[C@H](Oc2cccc([N+](=O)[O-])c2)C[C@H]1COc1ccc(F)cc1. The molecule has 1 heterocycles. The number of hydrogen-bond acceptors (Lipinski definition) is 6. The van der Waals surface area contributed by atoms with Crippen LogP contribution in [-0.4, -0.2) is 46.8 Å². The van der Waals surface area contributed by atoms with Crippen LogP contribution in [0.1, 0.15) is 27.2 Å². The van der Waals surface area contributed by atoms with Crippen molar-refractivity contribution >= 4 is 11.8 Å². The van der Waals surface area contributed by atoms with Crippen molar-refractivity contribution in [2.45, 2.75) is 44.9 Å². The molecule has 8 nitrogen and oxygen atoms in total. The molecule has 1 aliphatic rings. The van der Waals surface area contributed by atoms with Crippen LogP contribution < -0.4 is 9.47 Å². The number of amides is 1. The van der Waals surface area contributed by atoms with Crippen LogP contribution >= 0.6 is 0 Å². The van der Waals surface area contributed by atoms with E-state index in [0.717, 1.165) is 0 Å².